The number of rotatable bonds is 2. The Labute approximate surface area is 70.1 Å². The average molecular weight is 166 g/mol. The molecule has 4 heteroatoms. The zero-order valence-electron chi connectivity index (χ0n) is 6.44. The fourth-order valence-corrected chi connectivity index (χ4v) is 0.766. The summed E-state index contributed by atoms with van der Waals surface area (Å²) < 4.78 is 4.55. The molecule has 64 valence electrons. The lowest BCUT2D eigenvalue weighted by atomic mass is 10.2. The second-order valence-corrected chi connectivity index (χ2v) is 2.24. The Hall–Kier alpha value is -1.39. The summed E-state index contributed by atoms with van der Waals surface area (Å²) in [5.41, 5.74) is 10.6. The molecular formula is C8H10N2O2. The van der Waals surface area contributed by atoms with Gasteiger partial charge in [-0.05, 0) is 12.1 Å². The van der Waals surface area contributed by atoms with Gasteiger partial charge in [-0.2, -0.15) is 0 Å². The van der Waals surface area contributed by atoms with E-state index in [0.717, 1.165) is 0 Å². The van der Waals surface area contributed by atoms with Gasteiger partial charge in [0.1, 0.15) is 0 Å². The van der Waals surface area contributed by atoms with Crippen LogP contribution >= 0.6 is 0 Å². The van der Waals surface area contributed by atoms with Gasteiger partial charge in [0, 0.05) is 0 Å². The summed E-state index contributed by atoms with van der Waals surface area (Å²) in [5, 5.41) is 0. The molecule has 1 rings (SSSR count). The Morgan fingerprint density at radius 2 is 1.83 bits per heavy atom. The molecule has 0 aromatic heterocycles. The van der Waals surface area contributed by atoms with Gasteiger partial charge < -0.3 is 4.74 Å². The summed E-state index contributed by atoms with van der Waals surface area (Å²) in [6.07, 6.45) is -1.06. The van der Waals surface area contributed by atoms with Gasteiger partial charge in [0.2, 0.25) is 6.35 Å². The van der Waals surface area contributed by atoms with Crippen molar-refractivity contribution in [3.05, 3.63) is 35.9 Å². The smallest absolute Gasteiger partial charge is 0.340 e. The van der Waals surface area contributed by atoms with Crippen molar-refractivity contribution in [1.29, 1.82) is 0 Å². The molecule has 4 N–H and O–H groups in total. The van der Waals surface area contributed by atoms with Crippen LogP contribution in [-0.2, 0) is 4.74 Å². The van der Waals surface area contributed by atoms with E-state index in [1.54, 1.807) is 30.3 Å². The molecule has 0 aliphatic rings. The van der Waals surface area contributed by atoms with Crippen LogP contribution in [0.1, 0.15) is 10.4 Å². The van der Waals surface area contributed by atoms with Crippen LogP contribution in [0.4, 0.5) is 0 Å². The van der Waals surface area contributed by atoms with Crippen molar-refractivity contribution in [3.8, 4) is 0 Å². The second-order valence-electron chi connectivity index (χ2n) is 2.24. The van der Waals surface area contributed by atoms with Gasteiger partial charge in [-0.3, -0.25) is 11.5 Å². The van der Waals surface area contributed by atoms with E-state index in [1.165, 1.54) is 0 Å². The molecule has 0 saturated heterocycles. The Morgan fingerprint density at radius 3 is 2.33 bits per heavy atom. The SMILES string of the molecule is NC(N)OC(=O)c1ccccc1. The third kappa shape index (κ3) is 2.34. The topological polar surface area (TPSA) is 78.3 Å². The Kier molecular flexibility index (Phi) is 2.79. The molecule has 0 unspecified atom stereocenters. The van der Waals surface area contributed by atoms with Crippen molar-refractivity contribution in [3.63, 3.8) is 0 Å². The molecule has 0 aliphatic heterocycles. The van der Waals surface area contributed by atoms with Crippen LogP contribution in [-0.4, -0.2) is 12.3 Å². The van der Waals surface area contributed by atoms with Crippen LogP contribution in [0.3, 0.4) is 0 Å². The number of nitrogens with two attached hydrogens (primary N) is 2. The van der Waals surface area contributed by atoms with Crippen LogP contribution in [0.25, 0.3) is 0 Å². The van der Waals surface area contributed by atoms with Crippen LogP contribution in [0.2, 0.25) is 0 Å². The second kappa shape index (κ2) is 3.85. The maximum Gasteiger partial charge on any atom is 0.340 e. The molecule has 12 heavy (non-hydrogen) atoms. The monoisotopic (exact) mass is 166 g/mol. The van der Waals surface area contributed by atoms with Crippen LogP contribution in [0.15, 0.2) is 30.3 Å². The van der Waals surface area contributed by atoms with E-state index in [0.29, 0.717) is 5.56 Å². The summed E-state index contributed by atoms with van der Waals surface area (Å²) >= 11 is 0. The largest absolute Gasteiger partial charge is 0.430 e. The molecule has 0 aliphatic carbocycles. The predicted molar refractivity (Wildman–Crippen MR) is 44.0 cm³/mol. The fourth-order valence-electron chi connectivity index (χ4n) is 0.766. The predicted octanol–water partition coefficient (Wildman–Crippen LogP) is 0.0444. The molecule has 0 saturated carbocycles. The molecule has 4 nitrogen and oxygen atoms in total. The maximum atomic E-state index is 11.1. The van der Waals surface area contributed by atoms with E-state index in [2.05, 4.69) is 4.74 Å². The number of esters is 1. The quantitative estimate of drug-likeness (QED) is 0.480. The minimum Gasteiger partial charge on any atom is -0.430 e. The molecule has 0 fully saturated rings. The van der Waals surface area contributed by atoms with Gasteiger partial charge in [-0.15, -0.1) is 0 Å². The lowest BCUT2D eigenvalue weighted by molar-refractivity contribution is 0.0330. The Balaban J connectivity index is 2.66. The van der Waals surface area contributed by atoms with Crippen molar-refractivity contribution in [1.82, 2.24) is 0 Å². The van der Waals surface area contributed by atoms with Crippen molar-refractivity contribution in [2.45, 2.75) is 6.35 Å². The third-order valence-corrected chi connectivity index (χ3v) is 1.25. The van der Waals surface area contributed by atoms with E-state index in [1.807, 2.05) is 0 Å². The number of carbonyl (C=O) groups is 1. The van der Waals surface area contributed by atoms with E-state index in [4.69, 9.17) is 11.5 Å². The minimum atomic E-state index is -1.06. The molecule has 0 atom stereocenters. The standard InChI is InChI=1S/C8H10N2O2/c9-8(10)12-7(11)6-4-2-1-3-5-6/h1-5,8H,9-10H2. The highest BCUT2D eigenvalue weighted by Crippen LogP contribution is 2.00. The summed E-state index contributed by atoms with van der Waals surface area (Å²) in [5.74, 6) is -0.509. The molecule has 0 radical (unpaired) electrons. The normalized spacial score (nSPS) is 9.92. The minimum absolute atomic E-state index is 0.443. The van der Waals surface area contributed by atoms with Crippen LogP contribution in [0, 0.1) is 0 Å². The molecule has 1 aromatic rings. The molecule has 1 aromatic carbocycles. The van der Waals surface area contributed by atoms with E-state index in [-0.39, 0.29) is 0 Å². The Bertz CT molecular complexity index is 259. The summed E-state index contributed by atoms with van der Waals surface area (Å²) in [7, 11) is 0. The number of hydrogen-bond donors (Lipinski definition) is 2. The summed E-state index contributed by atoms with van der Waals surface area (Å²) in [6.45, 7) is 0. The van der Waals surface area contributed by atoms with Crippen molar-refractivity contribution in [2.75, 3.05) is 0 Å². The zero-order chi connectivity index (χ0) is 8.97. The summed E-state index contributed by atoms with van der Waals surface area (Å²) in [6, 6.07) is 8.53. The van der Waals surface area contributed by atoms with Gasteiger partial charge in [0.15, 0.2) is 0 Å². The molecule has 0 amide bonds. The first-order chi connectivity index (χ1) is 5.70. The van der Waals surface area contributed by atoms with E-state index >= 15 is 0 Å². The van der Waals surface area contributed by atoms with E-state index in [9.17, 15) is 4.79 Å². The molecular weight excluding hydrogens is 156 g/mol. The van der Waals surface area contributed by atoms with E-state index < -0.39 is 12.3 Å². The van der Waals surface area contributed by atoms with Crippen molar-refractivity contribution in [2.24, 2.45) is 11.5 Å². The maximum absolute atomic E-state index is 11.1. The zero-order valence-corrected chi connectivity index (χ0v) is 6.44. The van der Waals surface area contributed by atoms with Gasteiger partial charge >= 0.3 is 5.97 Å². The number of ether oxygens (including phenoxy) is 1. The highest BCUT2D eigenvalue weighted by molar-refractivity contribution is 5.89. The first-order valence-electron chi connectivity index (χ1n) is 3.47. The number of benzene rings is 1. The number of hydrogen-bond acceptors (Lipinski definition) is 4. The average Bonchev–Trinajstić information content (AvgIpc) is 2.05. The van der Waals surface area contributed by atoms with Gasteiger partial charge in [-0.1, -0.05) is 18.2 Å². The molecule has 0 heterocycles. The lowest BCUT2D eigenvalue weighted by Gasteiger charge is -2.06. The summed E-state index contributed by atoms with van der Waals surface area (Å²) in [4.78, 5) is 11.1. The third-order valence-electron chi connectivity index (χ3n) is 1.25. The van der Waals surface area contributed by atoms with Gasteiger partial charge in [0.25, 0.3) is 0 Å². The first kappa shape index (κ1) is 8.70. The number of carbonyl (C=O) groups excluding carboxylic acids is 1. The first-order valence-corrected chi connectivity index (χ1v) is 3.47. The lowest BCUT2D eigenvalue weighted by Crippen LogP contribution is -2.35. The highest BCUT2D eigenvalue weighted by Gasteiger charge is 2.07. The Morgan fingerprint density at radius 1 is 1.25 bits per heavy atom. The van der Waals surface area contributed by atoms with Crippen LogP contribution in [0.5, 0.6) is 0 Å². The fraction of sp³-hybridized carbons (Fsp3) is 0.125. The highest BCUT2D eigenvalue weighted by atomic mass is 16.6. The van der Waals surface area contributed by atoms with Crippen LogP contribution < -0.4 is 11.5 Å². The van der Waals surface area contributed by atoms with Gasteiger partial charge in [-0.25, -0.2) is 4.79 Å². The molecule has 0 spiro atoms. The molecule has 0 bridgehead atoms. The van der Waals surface area contributed by atoms with Crippen molar-refractivity contribution >= 4 is 5.97 Å². The van der Waals surface area contributed by atoms with Gasteiger partial charge in [0.05, 0.1) is 5.56 Å². The van der Waals surface area contributed by atoms with Crippen molar-refractivity contribution < 1.29 is 9.53 Å².